The molecule has 0 aromatic carbocycles. The van der Waals surface area contributed by atoms with Crippen LogP contribution in [-0.2, 0) is 10.0 Å². The van der Waals surface area contributed by atoms with E-state index in [-0.39, 0.29) is 10.6 Å². The van der Waals surface area contributed by atoms with Gasteiger partial charge >= 0.3 is 0 Å². The van der Waals surface area contributed by atoms with Gasteiger partial charge in [0.1, 0.15) is 10.6 Å². The molecule has 7 heteroatoms. The van der Waals surface area contributed by atoms with Crippen molar-refractivity contribution >= 4 is 16.3 Å². The van der Waals surface area contributed by atoms with Gasteiger partial charge in [-0.25, -0.2) is 8.42 Å². The Morgan fingerprint density at radius 1 is 1.26 bits per heavy atom. The van der Waals surface area contributed by atoms with E-state index >= 15 is 0 Å². The van der Waals surface area contributed by atoms with Gasteiger partial charge in [0.2, 0.25) is 10.0 Å². The van der Waals surface area contributed by atoms with E-state index in [4.69, 9.17) is 0 Å². The fourth-order valence-corrected chi connectivity index (χ4v) is 3.04. The minimum atomic E-state index is -3.47. The van der Waals surface area contributed by atoms with Crippen LogP contribution in [0, 0.1) is 0 Å². The number of nitrogens with one attached hydrogen (secondary N) is 1. The second-order valence-corrected chi connectivity index (χ2v) is 5.63. The summed E-state index contributed by atoms with van der Waals surface area (Å²) in [4.78, 5) is 14.3. The molecule has 0 atom stereocenters. The van der Waals surface area contributed by atoms with Crippen LogP contribution in [-0.4, -0.2) is 50.2 Å². The first kappa shape index (κ1) is 15.7. The molecular formula is C12H19N3O3S. The Kier molecular flexibility index (Phi) is 6.07. The Balaban J connectivity index is 0.000000861. The molecule has 1 fully saturated rings. The van der Waals surface area contributed by atoms with E-state index in [0.29, 0.717) is 32.5 Å². The topological polar surface area (TPSA) is 79.4 Å². The van der Waals surface area contributed by atoms with E-state index in [2.05, 4.69) is 10.3 Å². The lowest BCUT2D eigenvalue weighted by atomic mass is 10.4. The zero-order valence-corrected chi connectivity index (χ0v) is 12.0. The van der Waals surface area contributed by atoms with Gasteiger partial charge in [0.15, 0.2) is 6.29 Å². The molecule has 106 valence electrons. The highest BCUT2D eigenvalue weighted by molar-refractivity contribution is 7.89. The van der Waals surface area contributed by atoms with Crippen LogP contribution in [0.3, 0.4) is 0 Å². The van der Waals surface area contributed by atoms with Crippen LogP contribution in [0.2, 0.25) is 0 Å². The highest BCUT2D eigenvalue weighted by Crippen LogP contribution is 2.14. The molecule has 1 aromatic heterocycles. The molecule has 1 aliphatic heterocycles. The SMILES string of the molecule is CC.O=Cc1ccc(S(=O)(=O)N2CCNCC2)cn1. The third-order valence-electron chi connectivity index (χ3n) is 2.59. The van der Waals surface area contributed by atoms with Crippen molar-refractivity contribution < 1.29 is 13.2 Å². The number of piperazine rings is 1. The first-order chi connectivity index (χ1) is 9.14. The molecule has 0 saturated carbocycles. The van der Waals surface area contributed by atoms with Crippen LogP contribution >= 0.6 is 0 Å². The Hall–Kier alpha value is -1.31. The van der Waals surface area contributed by atoms with Crippen molar-refractivity contribution in [3.05, 3.63) is 24.0 Å². The number of hydrogen-bond donors (Lipinski definition) is 1. The quantitative estimate of drug-likeness (QED) is 0.819. The van der Waals surface area contributed by atoms with Crippen molar-refractivity contribution in [1.29, 1.82) is 0 Å². The lowest BCUT2D eigenvalue weighted by Crippen LogP contribution is -2.46. The van der Waals surface area contributed by atoms with E-state index in [9.17, 15) is 13.2 Å². The second kappa shape index (κ2) is 7.32. The van der Waals surface area contributed by atoms with Gasteiger partial charge in [0, 0.05) is 32.4 Å². The summed E-state index contributed by atoms with van der Waals surface area (Å²) in [6, 6.07) is 2.82. The Morgan fingerprint density at radius 2 is 1.89 bits per heavy atom. The monoisotopic (exact) mass is 285 g/mol. The number of sulfonamides is 1. The lowest BCUT2D eigenvalue weighted by molar-refractivity contribution is 0.111. The summed E-state index contributed by atoms with van der Waals surface area (Å²) < 4.78 is 25.7. The van der Waals surface area contributed by atoms with Gasteiger partial charge in [-0.05, 0) is 12.1 Å². The molecule has 6 nitrogen and oxygen atoms in total. The fraction of sp³-hybridized carbons (Fsp3) is 0.500. The Labute approximate surface area is 113 Å². The van der Waals surface area contributed by atoms with Gasteiger partial charge in [-0.15, -0.1) is 0 Å². The predicted octanol–water partition coefficient (Wildman–Crippen LogP) is 0.514. The van der Waals surface area contributed by atoms with E-state index in [0.717, 1.165) is 0 Å². The van der Waals surface area contributed by atoms with Crippen LogP contribution in [0.1, 0.15) is 24.3 Å². The van der Waals surface area contributed by atoms with Crippen LogP contribution in [0.4, 0.5) is 0 Å². The lowest BCUT2D eigenvalue weighted by Gasteiger charge is -2.26. The van der Waals surface area contributed by atoms with Crippen molar-refractivity contribution in [2.24, 2.45) is 0 Å². The molecular weight excluding hydrogens is 266 g/mol. The number of pyridine rings is 1. The highest BCUT2D eigenvalue weighted by atomic mass is 32.2. The van der Waals surface area contributed by atoms with Gasteiger partial charge in [-0.1, -0.05) is 13.8 Å². The average molecular weight is 285 g/mol. The molecule has 0 radical (unpaired) electrons. The molecule has 1 saturated heterocycles. The van der Waals surface area contributed by atoms with Crippen LogP contribution in [0.25, 0.3) is 0 Å². The average Bonchev–Trinajstić information content (AvgIpc) is 2.50. The number of aromatic nitrogens is 1. The van der Waals surface area contributed by atoms with E-state index in [1.165, 1.54) is 22.6 Å². The number of rotatable bonds is 3. The number of aldehydes is 1. The molecule has 2 heterocycles. The van der Waals surface area contributed by atoms with Gasteiger partial charge in [-0.2, -0.15) is 4.31 Å². The van der Waals surface area contributed by atoms with Crippen molar-refractivity contribution in [1.82, 2.24) is 14.6 Å². The summed E-state index contributed by atoms with van der Waals surface area (Å²) in [5.74, 6) is 0. The van der Waals surface area contributed by atoms with Crippen molar-refractivity contribution in [2.75, 3.05) is 26.2 Å². The van der Waals surface area contributed by atoms with Crippen molar-refractivity contribution in [3.8, 4) is 0 Å². The molecule has 0 amide bonds. The predicted molar refractivity (Wildman–Crippen MR) is 72.6 cm³/mol. The smallest absolute Gasteiger partial charge is 0.244 e. The van der Waals surface area contributed by atoms with E-state index < -0.39 is 10.0 Å². The molecule has 1 aromatic rings. The molecule has 1 aliphatic rings. The molecule has 0 bridgehead atoms. The Morgan fingerprint density at radius 3 is 2.37 bits per heavy atom. The normalized spacial score (nSPS) is 16.3. The number of carbonyl (C=O) groups is 1. The van der Waals surface area contributed by atoms with Gasteiger partial charge in [0.25, 0.3) is 0 Å². The zero-order chi connectivity index (χ0) is 14.3. The van der Waals surface area contributed by atoms with Crippen molar-refractivity contribution in [2.45, 2.75) is 18.7 Å². The van der Waals surface area contributed by atoms with Crippen LogP contribution < -0.4 is 5.32 Å². The minimum Gasteiger partial charge on any atom is -0.314 e. The van der Waals surface area contributed by atoms with Crippen LogP contribution in [0.5, 0.6) is 0 Å². The summed E-state index contributed by atoms with van der Waals surface area (Å²) >= 11 is 0. The molecule has 2 rings (SSSR count). The van der Waals surface area contributed by atoms with Crippen molar-refractivity contribution in [3.63, 3.8) is 0 Å². The summed E-state index contributed by atoms with van der Waals surface area (Å²) in [5.41, 5.74) is 0.226. The number of carbonyl (C=O) groups excluding carboxylic acids is 1. The summed E-state index contributed by atoms with van der Waals surface area (Å²) in [6.07, 6.45) is 1.81. The molecule has 19 heavy (non-hydrogen) atoms. The first-order valence-electron chi connectivity index (χ1n) is 6.27. The minimum absolute atomic E-state index is 0.130. The second-order valence-electron chi connectivity index (χ2n) is 3.69. The fourth-order valence-electron chi connectivity index (χ4n) is 1.65. The highest BCUT2D eigenvalue weighted by Gasteiger charge is 2.25. The summed E-state index contributed by atoms with van der Waals surface area (Å²) in [6.45, 7) is 6.22. The third kappa shape index (κ3) is 3.82. The summed E-state index contributed by atoms with van der Waals surface area (Å²) in [7, 11) is -3.47. The van der Waals surface area contributed by atoms with Gasteiger partial charge in [0.05, 0.1) is 0 Å². The Bertz CT molecular complexity index is 493. The van der Waals surface area contributed by atoms with Crippen LogP contribution in [0.15, 0.2) is 23.2 Å². The maximum absolute atomic E-state index is 12.2. The maximum atomic E-state index is 12.2. The zero-order valence-electron chi connectivity index (χ0n) is 11.2. The van der Waals surface area contributed by atoms with Gasteiger partial charge < -0.3 is 5.32 Å². The summed E-state index contributed by atoms with van der Waals surface area (Å²) in [5, 5.41) is 3.09. The molecule has 1 N–H and O–H groups in total. The molecule has 0 unspecified atom stereocenters. The number of nitrogens with zero attached hydrogens (tertiary/aromatic N) is 2. The molecule has 0 spiro atoms. The largest absolute Gasteiger partial charge is 0.314 e. The number of hydrogen-bond acceptors (Lipinski definition) is 5. The van der Waals surface area contributed by atoms with Gasteiger partial charge in [-0.3, -0.25) is 9.78 Å². The van der Waals surface area contributed by atoms with E-state index in [1.54, 1.807) is 0 Å². The first-order valence-corrected chi connectivity index (χ1v) is 7.71. The maximum Gasteiger partial charge on any atom is 0.244 e. The van der Waals surface area contributed by atoms with E-state index in [1.807, 2.05) is 13.8 Å². The third-order valence-corrected chi connectivity index (χ3v) is 4.48. The standard InChI is InChI=1S/C10H13N3O3S.C2H6/c14-8-9-1-2-10(7-12-9)17(15,16)13-5-3-11-4-6-13;1-2/h1-2,7-8,11H,3-6H2;1-2H3. The molecule has 0 aliphatic carbocycles.